The molecule has 4 heteroatoms. The third-order valence-electron chi connectivity index (χ3n) is 4.19. The number of ketones is 1. The Kier molecular flexibility index (Phi) is 2.57. The highest BCUT2D eigenvalue weighted by Gasteiger charge is 2.49. The predicted molar refractivity (Wildman–Crippen MR) is 75.4 cm³/mol. The summed E-state index contributed by atoms with van der Waals surface area (Å²) in [5.74, 6) is -0.644. The summed E-state index contributed by atoms with van der Waals surface area (Å²) in [6, 6.07) is 7.85. The lowest BCUT2D eigenvalue weighted by Gasteiger charge is -2.32. The molecule has 1 aromatic rings. The molecule has 0 amide bonds. The van der Waals surface area contributed by atoms with E-state index in [1.165, 1.54) is 13.2 Å². The first-order valence-corrected chi connectivity index (χ1v) is 6.40. The molecule has 0 bridgehead atoms. The van der Waals surface area contributed by atoms with Crippen LogP contribution < -0.4 is 4.90 Å². The van der Waals surface area contributed by atoms with Crippen molar-refractivity contribution in [3.05, 3.63) is 53.3 Å². The predicted octanol–water partition coefficient (Wildman–Crippen LogP) is 1.96. The summed E-state index contributed by atoms with van der Waals surface area (Å²) in [6.07, 6.45) is 2.97. The first-order chi connectivity index (χ1) is 9.50. The van der Waals surface area contributed by atoms with Gasteiger partial charge in [0.15, 0.2) is 5.78 Å². The normalized spacial score (nSPS) is 23.8. The summed E-state index contributed by atoms with van der Waals surface area (Å²) >= 11 is 0. The van der Waals surface area contributed by atoms with Crippen molar-refractivity contribution < 1.29 is 14.3 Å². The Balaban J connectivity index is 2.29. The molecule has 0 saturated heterocycles. The van der Waals surface area contributed by atoms with Crippen LogP contribution in [0.2, 0.25) is 0 Å². The van der Waals surface area contributed by atoms with E-state index in [1.807, 2.05) is 43.1 Å². The van der Waals surface area contributed by atoms with Crippen LogP contribution in [0.3, 0.4) is 0 Å². The SMILES string of the molecule is COC(=O)C1=CC(=O)C=C2N(C)c3ccccc3C12C. The lowest BCUT2D eigenvalue weighted by atomic mass is 9.72. The summed E-state index contributed by atoms with van der Waals surface area (Å²) < 4.78 is 4.86. The fourth-order valence-corrected chi connectivity index (χ4v) is 3.15. The summed E-state index contributed by atoms with van der Waals surface area (Å²) in [7, 11) is 3.24. The highest BCUT2D eigenvalue weighted by atomic mass is 16.5. The number of esters is 1. The third kappa shape index (κ3) is 1.42. The number of anilines is 1. The molecule has 102 valence electrons. The number of hydrogen-bond donors (Lipinski definition) is 0. The van der Waals surface area contributed by atoms with E-state index in [4.69, 9.17) is 4.74 Å². The van der Waals surface area contributed by atoms with Gasteiger partial charge in [0.05, 0.1) is 18.1 Å². The molecule has 3 rings (SSSR count). The molecule has 20 heavy (non-hydrogen) atoms. The third-order valence-corrected chi connectivity index (χ3v) is 4.19. The number of carbonyl (C=O) groups is 2. The average Bonchev–Trinajstić information content (AvgIpc) is 2.68. The molecule has 0 aromatic heterocycles. The number of ether oxygens (including phenoxy) is 1. The van der Waals surface area contributed by atoms with E-state index in [0.717, 1.165) is 16.9 Å². The Labute approximate surface area is 117 Å². The van der Waals surface area contributed by atoms with Gasteiger partial charge in [0.2, 0.25) is 0 Å². The van der Waals surface area contributed by atoms with E-state index in [1.54, 1.807) is 6.08 Å². The second-order valence-electron chi connectivity index (χ2n) is 5.18. The molecular formula is C16H15NO3. The number of fused-ring (bicyclic) bond motifs is 3. The number of nitrogens with zero attached hydrogens (tertiary/aromatic N) is 1. The zero-order valence-electron chi connectivity index (χ0n) is 11.6. The summed E-state index contributed by atoms with van der Waals surface area (Å²) in [4.78, 5) is 25.9. The molecule has 1 aliphatic heterocycles. The first kappa shape index (κ1) is 12.7. The number of hydrogen-bond acceptors (Lipinski definition) is 4. The topological polar surface area (TPSA) is 46.6 Å². The number of methoxy groups -OCH3 is 1. The van der Waals surface area contributed by atoms with Crippen LogP contribution in [0.1, 0.15) is 12.5 Å². The van der Waals surface area contributed by atoms with Crippen LogP contribution in [0, 0.1) is 0 Å². The molecular weight excluding hydrogens is 254 g/mol. The number of allylic oxidation sites excluding steroid dienone is 3. The number of rotatable bonds is 1. The van der Waals surface area contributed by atoms with Crippen LogP contribution >= 0.6 is 0 Å². The molecule has 1 unspecified atom stereocenters. The minimum Gasteiger partial charge on any atom is -0.466 e. The van der Waals surface area contributed by atoms with Crippen LogP contribution in [-0.4, -0.2) is 25.9 Å². The molecule has 0 saturated carbocycles. The largest absolute Gasteiger partial charge is 0.466 e. The molecule has 0 fully saturated rings. The number of carbonyl (C=O) groups excluding carboxylic acids is 2. The lowest BCUT2D eigenvalue weighted by molar-refractivity contribution is -0.137. The molecule has 0 radical (unpaired) electrons. The van der Waals surface area contributed by atoms with Gasteiger partial charge in [0, 0.05) is 24.5 Å². The zero-order valence-corrected chi connectivity index (χ0v) is 11.6. The van der Waals surface area contributed by atoms with Crippen molar-refractivity contribution in [1.82, 2.24) is 0 Å². The van der Waals surface area contributed by atoms with Gasteiger partial charge >= 0.3 is 5.97 Å². The minimum atomic E-state index is -0.633. The van der Waals surface area contributed by atoms with E-state index in [0.29, 0.717) is 5.57 Å². The Morgan fingerprint density at radius 2 is 1.95 bits per heavy atom. The number of benzene rings is 1. The molecule has 1 aromatic carbocycles. The van der Waals surface area contributed by atoms with Crippen LogP contribution in [0.5, 0.6) is 0 Å². The standard InChI is InChI=1S/C16H15NO3/c1-16-11-6-4-5-7-13(11)17(2)14(16)9-10(18)8-12(16)15(19)20-3/h4-9H,1-3H3. The van der Waals surface area contributed by atoms with E-state index in [-0.39, 0.29) is 5.78 Å². The Morgan fingerprint density at radius 3 is 2.65 bits per heavy atom. The van der Waals surface area contributed by atoms with Crippen molar-refractivity contribution in [2.24, 2.45) is 0 Å². The van der Waals surface area contributed by atoms with Crippen molar-refractivity contribution in [1.29, 1.82) is 0 Å². The van der Waals surface area contributed by atoms with Gasteiger partial charge < -0.3 is 9.64 Å². The first-order valence-electron chi connectivity index (χ1n) is 6.40. The summed E-state index contributed by atoms with van der Waals surface area (Å²) in [5, 5.41) is 0. The van der Waals surface area contributed by atoms with Crippen molar-refractivity contribution in [2.45, 2.75) is 12.3 Å². The van der Waals surface area contributed by atoms with Crippen LogP contribution in [0.25, 0.3) is 0 Å². The van der Waals surface area contributed by atoms with Gasteiger partial charge in [-0.25, -0.2) is 4.79 Å². The van der Waals surface area contributed by atoms with Crippen molar-refractivity contribution in [3.8, 4) is 0 Å². The van der Waals surface area contributed by atoms with E-state index in [2.05, 4.69) is 0 Å². The van der Waals surface area contributed by atoms with Crippen molar-refractivity contribution in [2.75, 3.05) is 19.1 Å². The van der Waals surface area contributed by atoms with Gasteiger partial charge in [-0.2, -0.15) is 0 Å². The number of likely N-dealkylation sites (N-methyl/N-ethyl adjacent to an activating group) is 1. The minimum absolute atomic E-state index is 0.183. The summed E-state index contributed by atoms with van der Waals surface area (Å²) in [6.45, 7) is 1.95. The molecule has 4 nitrogen and oxygen atoms in total. The van der Waals surface area contributed by atoms with Gasteiger partial charge in [0.25, 0.3) is 0 Å². The Hall–Kier alpha value is -2.36. The molecule has 1 heterocycles. The summed E-state index contributed by atoms with van der Waals surface area (Å²) in [5.41, 5.74) is 2.58. The molecule has 1 atom stereocenters. The zero-order chi connectivity index (χ0) is 14.5. The van der Waals surface area contributed by atoms with Crippen molar-refractivity contribution in [3.63, 3.8) is 0 Å². The van der Waals surface area contributed by atoms with Gasteiger partial charge in [-0.3, -0.25) is 4.79 Å². The molecule has 0 N–H and O–H groups in total. The fraction of sp³-hybridized carbons (Fsp3) is 0.250. The van der Waals surface area contributed by atoms with Gasteiger partial charge in [-0.1, -0.05) is 18.2 Å². The van der Waals surface area contributed by atoms with E-state index in [9.17, 15) is 9.59 Å². The Bertz CT molecular complexity index is 687. The van der Waals surface area contributed by atoms with Crippen LogP contribution in [0.4, 0.5) is 5.69 Å². The second-order valence-corrected chi connectivity index (χ2v) is 5.18. The van der Waals surface area contributed by atoms with Crippen LogP contribution in [0.15, 0.2) is 47.7 Å². The van der Waals surface area contributed by atoms with Gasteiger partial charge in [-0.05, 0) is 24.6 Å². The van der Waals surface area contributed by atoms with E-state index >= 15 is 0 Å². The maximum absolute atomic E-state index is 12.1. The molecule has 0 spiro atoms. The number of para-hydroxylation sites is 1. The average molecular weight is 269 g/mol. The fourth-order valence-electron chi connectivity index (χ4n) is 3.15. The molecule has 2 aliphatic rings. The van der Waals surface area contributed by atoms with Gasteiger partial charge in [-0.15, -0.1) is 0 Å². The smallest absolute Gasteiger partial charge is 0.335 e. The van der Waals surface area contributed by atoms with E-state index < -0.39 is 11.4 Å². The van der Waals surface area contributed by atoms with Crippen molar-refractivity contribution >= 4 is 17.4 Å². The lowest BCUT2D eigenvalue weighted by Crippen LogP contribution is -2.36. The quantitative estimate of drug-likeness (QED) is 0.731. The Morgan fingerprint density at radius 1 is 1.25 bits per heavy atom. The van der Waals surface area contributed by atoms with Crippen LogP contribution in [-0.2, 0) is 19.7 Å². The second kappa shape index (κ2) is 4.07. The monoisotopic (exact) mass is 269 g/mol. The maximum Gasteiger partial charge on any atom is 0.335 e. The highest BCUT2D eigenvalue weighted by Crippen LogP contribution is 2.52. The van der Waals surface area contributed by atoms with Gasteiger partial charge in [0.1, 0.15) is 0 Å². The highest BCUT2D eigenvalue weighted by molar-refractivity contribution is 6.10. The maximum atomic E-state index is 12.1. The molecule has 1 aliphatic carbocycles.